The largest absolute Gasteiger partial charge is 0.487 e. The van der Waals surface area contributed by atoms with Crippen LogP contribution in [0.4, 0.5) is 8.78 Å². The van der Waals surface area contributed by atoms with Crippen LogP contribution in [0, 0.1) is 17.0 Å². The number of rotatable bonds is 3. The molecule has 0 spiro atoms. The van der Waals surface area contributed by atoms with Crippen molar-refractivity contribution in [2.75, 3.05) is 7.05 Å². The van der Waals surface area contributed by atoms with Crippen molar-refractivity contribution in [3.05, 3.63) is 29.8 Å². The Morgan fingerprint density at radius 1 is 1.35 bits per heavy atom. The van der Waals surface area contributed by atoms with Gasteiger partial charge in [0.25, 0.3) is 0 Å². The average Bonchev–Trinajstić information content (AvgIpc) is 2.26. The lowest BCUT2D eigenvalue weighted by molar-refractivity contribution is -0.0538. The molecule has 0 heterocycles. The highest BCUT2D eigenvalue weighted by molar-refractivity contribution is 5.26. The van der Waals surface area contributed by atoms with Gasteiger partial charge in [0.05, 0.1) is 0 Å². The molecule has 17 heavy (non-hydrogen) atoms. The topological polar surface area (TPSA) is 21.3 Å². The summed E-state index contributed by atoms with van der Waals surface area (Å²) in [6.07, 6.45) is 0.792. The lowest BCUT2D eigenvalue weighted by atomic mass is 9.64. The molecule has 2 nitrogen and oxygen atoms in total. The van der Waals surface area contributed by atoms with Crippen LogP contribution in [-0.4, -0.2) is 19.2 Å². The lowest BCUT2D eigenvalue weighted by Gasteiger charge is -2.51. The zero-order chi connectivity index (χ0) is 12.6. The van der Waals surface area contributed by atoms with Crippen LogP contribution >= 0.6 is 0 Å². The van der Waals surface area contributed by atoms with Gasteiger partial charge in [0, 0.05) is 23.9 Å². The van der Waals surface area contributed by atoms with Crippen LogP contribution < -0.4 is 10.1 Å². The molecular formula is C13H17F2NO. The SMILES string of the molecule is CNC1CC(Oc2ccc(F)cc2F)C1(C)C. The molecule has 2 rings (SSSR count). The molecule has 1 aliphatic carbocycles. The molecule has 0 amide bonds. The van der Waals surface area contributed by atoms with Crippen molar-refractivity contribution in [1.82, 2.24) is 5.32 Å². The summed E-state index contributed by atoms with van der Waals surface area (Å²) in [6, 6.07) is 3.76. The first kappa shape index (κ1) is 12.3. The van der Waals surface area contributed by atoms with Gasteiger partial charge in [0.1, 0.15) is 11.9 Å². The number of nitrogens with one attached hydrogen (secondary N) is 1. The monoisotopic (exact) mass is 241 g/mol. The highest BCUT2D eigenvalue weighted by Crippen LogP contribution is 2.43. The summed E-state index contributed by atoms with van der Waals surface area (Å²) < 4.78 is 31.8. The summed E-state index contributed by atoms with van der Waals surface area (Å²) in [5, 5.41) is 3.20. The van der Waals surface area contributed by atoms with Gasteiger partial charge < -0.3 is 10.1 Å². The van der Waals surface area contributed by atoms with Crippen LogP contribution in [0.5, 0.6) is 5.75 Å². The van der Waals surface area contributed by atoms with E-state index in [4.69, 9.17) is 4.74 Å². The quantitative estimate of drug-likeness (QED) is 0.878. The fourth-order valence-electron chi connectivity index (χ4n) is 2.30. The molecule has 0 aliphatic heterocycles. The third-order valence-corrected chi connectivity index (χ3v) is 3.69. The molecule has 94 valence electrons. The second-order valence-electron chi connectivity index (χ2n) is 5.08. The Kier molecular flexibility index (Phi) is 3.08. The Balaban J connectivity index is 2.08. The van der Waals surface area contributed by atoms with Gasteiger partial charge in [0.15, 0.2) is 11.6 Å². The minimum atomic E-state index is -0.645. The summed E-state index contributed by atoms with van der Waals surface area (Å²) >= 11 is 0. The zero-order valence-corrected chi connectivity index (χ0v) is 10.3. The summed E-state index contributed by atoms with van der Waals surface area (Å²) in [6.45, 7) is 4.15. The Bertz CT molecular complexity index is 420. The number of benzene rings is 1. The van der Waals surface area contributed by atoms with Gasteiger partial charge in [0.2, 0.25) is 0 Å². The zero-order valence-electron chi connectivity index (χ0n) is 10.3. The van der Waals surface area contributed by atoms with Crippen molar-refractivity contribution in [2.45, 2.75) is 32.4 Å². The van der Waals surface area contributed by atoms with Crippen LogP contribution in [0.15, 0.2) is 18.2 Å². The van der Waals surface area contributed by atoms with E-state index in [0.717, 1.165) is 12.5 Å². The molecule has 2 unspecified atom stereocenters. The Hall–Kier alpha value is -1.16. The van der Waals surface area contributed by atoms with Crippen LogP contribution in [0.25, 0.3) is 0 Å². The molecule has 1 aromatic carbocycles. The maximum absolute atomic E-state index is 13.4. The summed E-state index contributed by atoms with van der Waals surface area (Å²) in [5.74, 6) is -1.11. The van der Waals surface area contributed by atoms with Gasteiger partial charge in [-0.05, 0) is 19.2 Å². The van der Waals surface area contributed by atoms with E-state index in [-0.39, 0.29) is 17.3 Å². The van der Waals surface area contributed by atoms with E-state index < -0.39 is 11.6 Å². The van der Waals surface area contributed by atoms with E-state index in [2.05, 4.69) is 19.2 Å². The predicted octanol–water partition coefficient (Wildman–Crippen LogP) is 2.73. The first-order valence-corrected chi connectivity index (χ1v) is 5.74. The average molecular weight is 241 g/mol. The molecule has 1 aromatic rings. The highest BCUT2D eigenvalue weighted by Gasteiger charge is 2.49. The van der Waals surface area contributed by atoms with E-state index in [9.17, 15) is 8.78 Å². The van der Waals surface area contributed by atoms with Crippen molar-refractivity contribution in [3.8, 4) is 5.75 Å². The van der Waals surface area contributed by atoms with E-state index in [0.29, 0.717) is 6.04 Å². The molecule has 0 aromatic heterocycles. The van der Waals surface area contributed by atoms with Crippen molar-refractivity contribution < 1.29 is 13.5 Å². The van der Waals surface area contributed by atoms with Crippen LogP contribution in [0.3, 0.4) is 0 Å². The van der Waals surface area contributed by atoms with Crippen molar-refractivity contribution in [3.63, 3.8) is 0 Å². The molecule has 1 aliphatic rings. The lowest BCUT2D eigenvalue weighted by Crippen LogP contribution is -2.61. The molecule has 1 N–H and O–H groups in total. The second-order valence-corrected chi connectivity index (χ2v) is 5.08. The van der Waals surface area contributed by atoms with Crippen molar-refractivity contribution >= 4 is 0 Å². The number of halogens is 2. The normalized spacial score (nSPS) is 26.4. The Morgan fingerprint density at radius 2 is 2.06 bits per heavy atom. The third-order valence-electron chi connectivity index (χ3n) is 3.69. The van der Waals surface area contributed by atoms with E-state index in [1.807, 2.05) is 7.05 Å². The summed E-state index contributed by atoms with van der Waals surface area (Å²) in [7, 11) is 1.90. The maximum atomic E-state index is 13.4. The minimum Gasteiger partial charge on any atom is -0.487 e. The molecule has 0 radical (unpaired) electrons. The predicted molar refractivity (Wildman–Crippen MR) is 62.0 cm³/mol. The summed E-state index contributed by atoms with van der Waals surface area (Å²) in [4.78, 5) is 0. The van der Waals surface area contributed by atoms with Crippen molar-refractivity contribution in [2.24, 2.45) is 5.41 Å². The van der Waals surface area contributed by atoms with Gasteiger partial charge in [-0.25, -0.2) is 8.78 Å². The first-order chi connectivity index (χ1) is 7.95. The molecule has 0 bridgehead atoms. The fraction of sp³-hybridized carbons (Fsp3) is 0.538. The Labute approximate surface area is 100.0 Å². The Morgan fingerprint density at radius 3 is 2.59 bits per heavy atom. The van der Waals surface area contributed by atoms with Gasteiger partial charge in [-0.3, -0.25) is 0 Å². The molecule has 1 saturated carbocycles. The molecule has 4 heteroatoms. The van der Waals surface area contributed by atoms with Gasteiger partial charge in [-0.2, -0.15) is 0 Å². The molecule has 0 saturated heterocycles. The van der Waals surface area contributed by atoms with Gasteiger partial charge in [-0.15, -0.1) is 0 Å². The van der Waals surface area contributed by atoms with E-state index in [1.165, 1.54) is 12.1 Å². The van der Waals surface area contributed by atoms with Crippen LogP contribution in [-0.2, 0) is 0 Å². The summed E-state index contributed by atoms with van der Waals surface area (Å²) in [5.41, 5.74) is -0.0461. The highest BCUT2D eigenvalue weighted by atomic mass is 19.1. The van der Waals surface area contributed by atoms with Crippen LogP contribution in [0.2, 0.25) is 0 Å². The third kappa shape index (κ3) is 2.14. The van der Waals surface area contributed by atoms with Crippen molar-refractivity contribution in [1.29, 1.82) is 0 Å². The molecule has 2 atom stereocenters. The smallest absolute Gasteiger partial charge is 0.167 e. The van der Waals surface area contributed by atoms with E-state index in [1.54, 1.807) is 0 Å². The van der Waals surface area contributed by atoms with Gasteiger partial charge in [-0.1, -0.05) is 13.8 Å². The molecular weight excluding hydrogens is 224 g/mol. The minimum absolute atomic E-state index is 0.0417. The molecule has 1 fully saturated rings. The van der Waals surface area contributed by atoms with Crippen LogP contribution in [0.1, 0.15) is 20.3 Å². The standard InChI is InChI=1S/C13H17F2NO/c1-13(2)11(16-3)7-12(13)17-10-5-4-8(14)6-9(10)15/h4-6,11-12,16H,7H2,1-3H3. The number of hydrogen-bond donors (Lipinski definition) is 1. The first-order valence-electron chi connectivity index (χ1n) is 5.74. The van der Waals surface area contributed by atoms with Gasteiger partial charge >= 0.3 is 0 Å². The number of ether oxygens (including phenoxy) is 1. The second kappa shape index (κ2) is 4.26. The maximum Gasteiger partial charge on any atom is 0.167 e. The number of hydrogen-bond acceptors (Lipinski definition) is 2. The van der Waals surface area contributed by atoms with E-state index >= 15 is 0 Å². The fourth-order valence-corrected chi connectivity index (χ4v) is 2.30.